The van der Waals surface area contributed by atoms with Gasteiger partial charge in [0.25, 0.3) is 5.91 Å². The molecule has 1 aromatic rings. The number of hydroxylamine groups is 1. The molecule has 50 heavy (non-hydrogen) atoms. The molecular formula is C38H55N5O7. The number of rotatable bonds is 13. The molecule has 0 aromatic heterocycles. The van der Waals surface area contributed by atoms with Gasteiger partial charge < -0.3 is 25.6 Å². The second-order valence-corrected chi connectivity index (χ2v) is 15.7. The number of carbonyl (C=O) groups excluding carboxylic acids is 5. The molecule has 2 aliphatic carbocycles. The number of aryl methyl sites for hydroxylation is 1. The third-order valence-electron chi connectivity index (χ3n) is 10.4. The zero-order valence-electron chi connectivity index (χ0n) is 30.5. The van der Waals surface area contributed by atoms with Crippen molar-refractivity contribution in [2.45, 2.75) is 135 Å². The number of Topliss-reactive ketones (excluding diaryl/α,β-unsaturated/α-hetero) is 1. The van der Waals surface area contributed by atoms with E-state index >= 15 is 0 Å². The maximum Gasteiger partial charge on any atom is 0.289 e. The van der Waals surface area contributed by atoms with Gasteiger partial charge in [-0.2, -0.15) is 0 Å². The molecule has 1 saturated heterocycles. The first-order valence-electron chi connectivity index (χ1n) is 18.3. The first kappa shape index (κ1) is 37.3. The summed E-state index contributed by atoms with van der Waals surface area (Å²) in [6.45, 7) is 9.53. The highest BCUT2D eigenvalue weighted by atomic mass is 16.7. The van der Waals surface area contributed by atoms with E-state index in [1.807, 2.05) is 58.9 Å². The summed E-state index contributed by atoms with van der Waals surface area (Å²) in [6, 6.07) is 2.75. The van der Waals surface area contributed by atoms with Gasteiger partial charge in [0.2, 0.25) is 23.5 Å². The van der Waals surface area contributed by atoms with Crippen molar-refractivity contribution in [1.82, 2.24) is 26.3 Å². The normalized spacial score (nSPS) is 23.4. The van der Waals surface area contributed by atoms with Gasteiger partial charge in [-0.3, -0.25) is 34.3 Å². The highest BCUT2D eigenvalue weighted by molar-refractivity contribution is 6.38. The largest absolute Gasteiger partial charge is 0.496 e. The summed E-state index contributed by atoms with van der Waals surface area (Å²) in [5, 5.41) is 8.58. The molecule has 4 amide bonds. The maximum absolute atomic E-state index is 14.6. The average Bonchev–Trinajstić information content (AvgIpc) is 3.67. The summed E-state index contributed by atoms with van der Waals surface area (Å²) in [4.78, 5) is 75.8. The number of benzene rings is 1. The molecule has 0 bridgehead atoms. The van der Waals surface area contributed by atoms with Gasteiger partial charge in [-0.25, -0.2) is 0 Å². The molecule has 1 aromatic carbocycles. The number of nitrogens with one attached hydrogen (secondary N) is 4. The second-order valence-electron chi connectivity index (χ2n) is 15.7. The van der Waals surface area contributed by atoms with E-state index in [-0.39, 0.29) is 31.3 Å². The van der Waals surface area contributed by atoms with Crippen LogP contribution in [-0.4, -0.2) is 77.7 Å². The number of nitrogens with zero attached hydrogens (tertiary/aromatic N) is 1. The van der Waals surface area contributed by atoms with Gasteiger partial charge in [-0.05, 0) is 80.2 Å². The molecular weight excluding hydrogens is 638 g/mol. The minimum absolute atomic E-state index is 0.00243. The lowest BCUT2D eigenvalue weighted by Crippen LogP contribution is -2.59. The number of likely N-dealkylation sites (tertiary alicyclic amines) is 1. The van der Waals surface area contributed by atoms with Gasteiger partial charge in [0.15, 0.2) is 0 Å². The van der Waals surface area contributed by atoms with E-state index in [2.05, 4.69) is 21.4 Å². The molecule has 12 nitrogen and oxygen atoms in total. The minimum Gasteiger partial charge on any atom is -0.496 e. The lowest BCUT2D eigenvalue weighted by Gasteiger charge is -2.36. The molecule has 4 N–H and O–H groups in total. The first-order valence-corrected chi connectivity index (χ1v) is 18.3. The van der Waals surface area contributed by atoms with Crippen LogP contribution in [0, 0.1) is 18.3 Å². The van der Waals surface area contributed by atoms with E-state index in [9.17, 15) is 24.0 Å². The molecule has 2 aliphatic heterocycles. The SMILES string of the molecule is CCC[C@H](NC(=O)[C@@H]1C[C@]2(C=C(c3ccc(OC)c(C)c3)NO2)CN1C(=O)[C@@H](NC(=O)CC1CCCCC1)C(C)(C)C)C(=O)C(=O)NC1CC1. The standard InChI is InChI=1S/C38H55N5O7/c1-7-11-27(32(45)35(47)39-26-15-16-26)40-34(46)29-21-38(20-28(42-50-38)25-14-17-30(49-6)23(2)18-25)22-43(29)36(48)33(37(3,4)5)41-31(44)19-24-12-9-8-10-13-24/h14,17-18,20,24,26-27,29,33,42H,7-13,15-16,19,21-22H2,1-6H3,(H,39,47)(H,40,46)(H,41,44)/t27-,29-,33+,38+/m0/s1. The van der Waals surface area contributed by atoms with Crippen molar-refractivity contribution in [2.24, 2.45) is 11.3 Å². The summed E-state index contributed by atoms with van der Waals surface area (Å²) in [6.07, 6.45) is 10.2. The topological polar surface area (TPSA) is 155 Å². The zero-order chi connectivity index (χ0) is 36.2. The van der Waals surface area contributed by atoms with E-state index in [0.717, 1.165) is 55.4 Å². The van der Waals surface area contributed by atoms with E-state index < -0.39 is 52.6 Å². The van der Waals surface area contributed by atoms with Crippen molar-refractivity contribution in [2.75, 3.05) is 13.7 Å². The number of hydrogen-bond acceptors (Lipinski definition) is 8. The molecule has 274 valence electrons. The molecule has 0 radical (unpaired) electrons. The Morgan fingerprint density at radius 3 is 2.40 bits per heavy atom. The quantitative estimate of drug-likeness (QED) is 0.227. The fraction of sp³-hybridized carbons (Fsp3) is 0.658. The summed E-state index contributed by atoms with van der Waals surface area (Å²) >= 11 is 0. The lowest BCUT2D eigenvalue weighted by atomic mass is 9.84. The van der Waals surface area contributed by atoms with E-state index in [4.69, 9.17) is 9.57 Å². The number of amides is 4. The third-order valence-corrected chi connectivity index (χ3v) is 10.4. The Morgan fingerprint density at radius 2 is 1.78 bits per heavy atom. The third kappa shape index (κ3) is 8.86. The highest BCUT2D eigenvalue weighted by Crippen LogP contribution is 2.39. The van der Waals surface area contributed by atoms with Crippen LogP contribution in [0.2, 0.25) is 0 Å². The number of hydrogen-bond donors (Lipinski definition) is 4. The predicted octanol–water partition coefficient (Wildman–Crippen LogP) is 3.85. The summed E-state index contributed by atoms with van der Waals surface area (Å²) in [5.41, 5.74) is 3.75. The van der Waals surface area contributed by atoms with Crippen molar-refractivity contribution in [1.29, 1.82) is 0 Å². The van der Waals surface area contributed by atoms with Crippen LogP contribution >= 0.6 is 0 Å². The van der Waals surface area contributed by atoms with Crippen molar-refractivity contribution in [3.63, 3.8) is 0 Å². The van der Waals surface area contributed by atoms with Gasteiger partial charge in [-0.15, -0.1) is 0 Å². The van der Waals surface area contributed by atoms with Crippen LogP contribution < -0.4 is 26.2 Å². The van der Waals surface area contributed by atoms with E-state index in [1.54, 1.807) is 7.11 Å². The molecule has 4 aliphatic rings. The first-order chi connectivity index (χ1) is 23.7. The van der Waals surface area contributed by atoms with Crippen molar-refractivity contribution in [3.05, 3.63) is 35.4 Å². The Hall–Kier alpha value is -3.93. The molecule has 2 saturated carbocycles. The Kier molecular flexibility index (Phi) is 11.6. The molecule has 1 spiro atoms. The Labute approximate surface area is 295 Å². The summed E-state index contributed by atoms with van der Waals surface area (Å²) in [7, 11) is 1.62. The van der Waals surface area contributed by atoms with Gasteiger partial charge in [0, 0.05) is 24.4 Å². The van der Waals surface area contributed by atoms with Crippen LogP contribution in [0.4, 0.5) is 0 Å². The average molecular weight is 694 g/mol. The van der Waals surface area contributed by atoms with Crippen LogP contribution in [-0.2, 0) is 28.8 Å². The molecule has 5 rings (SSSR count). The molecule has 12 heteroatoms. The van der Waals surface area contributed by atoms with E-state index in [1.165, 1.54) is 11.3 Å². The molecule has 3 fully saturated rings. The van der Waals surface area contributed by atoms with Gasteiger partial charge in [0.1, 0.15) is 23.4 Å². The van der Waals surface area contributed by atoms with Crippen molar-refractivity contribution >= 4 is 35.1 Å². The fourth-order valence-electron chi connectivity index (χ4n) is 7.37. The summed E-state index contributed by atoms with van der Waals surface area (Å²) in [5.74, 6) is -1.49. The van der Waals surface area contributed by atoms with Crippen molar-refractivity contribution in [3.8, 4) is 5.75 Å². The minimum atomic E-state index is -1.07. The highest BCUT2D eigenvalue weighted by Gasteiger charge is 2.54. The second kappa shape index (κ2) is 15.5. The van der Waals surface area contributed by atoms with Gasteiger partial charge in [-0.1, -0.05) is 53.4 Å². The van der Waals surface area contributed by atoms with Gasteiger partial charge >= 0.3 is 0 Å². The summed E-state index contributed by atoms with van der Waals surface area (Å²) < 4.78 is 5.42. The molecule has 0 unspecified atom stereocenters. The lowest BCUT2D eigenvalue weighted by molar-refractivity contribution is -0.145. The number of ether oxygens (including phenoxy) is 1. The van der Waals surface area contributed by atoms with Crippen LogP contribution in [0.5, 0.6) is 5.75 Å². The molecule has 4 atom stereocenters. The smallest absolute Gasteiger partial charge is 0.289 e. The maximum atomic E-state index is 14.6. The van der Waals surface area contributed by atoms with Crippen LogP contribution in [0.1, 0.15) is 109 Å². The number of carbonyl (C=O) groups is 5. The predicted molar refractivity (Wildman–Crippen MR) is 188 cm³/mol. The number of ketones is 1. The van der Waals surface area contributed by atoms with Crippen LogP contribution in [0.3, 0.4) is 0 Å². The number of methoxy groups -OCH3 is 1. The van der Waals surface area contributed by atoms with Crippen LogP contribution in [0.25, 0.3) is 5.70 Å². The van der Waals surface area contributed by atoms with Crippen molar-refractivity contribution < 1.29 is 33.5 Å². The molecule has 2 heterocycles. The monoisotopic (exact) mass is 693 g/mol. The fourth-order valence-corrected chi connectivity index (χ4v) is 7.37. The Bertz CT molecular complexity index is 1490. The Morgan fingerprint density at radius 1 is 1.06 bits per heavy atom. The zero-order valence-corrected chi connectivity index (χ0v) is 30.5. The van der Waals surface area contributed by atoms with Crippen LogP contribution in [0.15, 0.2) is 24.3 Å². The van der Waals surface area contributed by atoms with Gasteiger partial charge in [0.05, 0.1) is 25.4 Å². The Balaban J connectivity index is 1.42. The van der Waals surface area contributed by atoms with E-state index in [0.29, 0.717) is 24.5 Å².